The summed E-state index contributed by atoms with van der Waals surface area (Å²) in [6.45, 7) is 3.16. The Morgan fingerprint density at radius 3 is 2.61 bits per heavy atom. The molecule has 3 aromatic heterocycles. The van der Waals surface area contributed by atoms with E-state index in [1.165, 1.54) is 12.1 Å². The SMILES string of the molecule is Cc1ccc(-c2nnc(CN(C)Cc3cn[nH]c3-c3ccc(F)cc3)o2)n1C. The zero-order chi connectivity index (χ0) is 19.7. The predicted molar refractivity (Wildman–Crippen MR) is 103 cm³/mol. The van der Waals surface area contributed by atoms with E-state index in [2.05, 4.69) is 25.3 Å². The molecule has 0 spiro atoms. The van der Waals surface area contributed by atoms with E-state index < -0.39 is 0 Å². The summed E-state index contributed by atoms with van der Waals surface area (Å²) in [7, 11) is 3.94. The molecule has 0 atom stereocenters. The standard InChI is InChI=1S/C20H21FN6O/c1-13-4-9-17(27(13)3)20-25-23-18(28-20)12-26(2)11-15-10-22-24-19(15)14-5-7-16(21)8-6-14/h4-10H,11-12H2,1-3H3,(H,22,24). The smallest absolute Gasteiger partial charge is 0.264 e. The summed E-state index contributed by atoms with van der Waals surface area (Å²) in [6.07, 6.45) is 1.78. The van der Waals surface area contributed by atoms with Crippen molar-refractivity contribution in [1.29, 1.82) is 0 Å². The minimum Gasteiger partial charge on any atom is -0.418 e. The third kappa shape index (κ3) is 3.59. The third-order valence-electron chi connectivity index (χ3n) is 4.75. The van der Waals surface area contributed by atoms with Gasteiger partial charge in [0.05, 0.1) is 18.4 Å². The largest absolute Gasteiger partial charge is 0.418 e. The average molecular weight is 380 g/mol. The molecule has 0 unspecified atom stereocenters. The van der Waals surface area contributed by atoms with Gasteiger partial charge < -0.3 is 8.98 Å². The number of nitrogens with zero attached hydrogens (tertiary/aromatic N) is 5. The number of hydrogen-bond donors (Lipinski definition) is 1. The maximum atomic E-state index is 13.2. The molecule has 4 aromatic rings. The van der Waals surface area contributed by atoms with Crippen LogP contribution in [-0.2, 0) is 20.1 Å². The lowest BCUT2D eigenvalue weighted by Crippen LogP contribution is -2.17. The van der Waals surface area contributed by atoms with Gasteiger partial charge in [0.15, 0.2) is 0 Å². The minimum atomic E-state index is -0.262. The second-order valence-corrected chi connectivity index (χ2v) is 6.87. The van der Waals surface area contributed by atoms with Gasteiger partial charge in [-0.2, -0.15) is 5.10 Å². The van der Waals surface area contributed by atoms with Gasteiger partial charge in [-0.25, -0.2) is 4.39 Å². The molecule has 144 valence electrons. The van der Waals surface area contributed by atoms with Gasteiger partial charge in [-0.15, -0.1) is 10.2 Å². The Morgan fingerprint density at radius 2 is 1.89 bits per heavy atom. The van der Waals surface area contributed by atoms with E-state index in [1.54, 1.807) is 18.3 Å². The molecular weight excluding hydrogens is 359 g/mol. The highest BCUT2D eigenvalue weighted by Gasteiger charge is 2.15. The van der Waals surface area contributed by atoms with Gasteiger partial charge in [-0.05, 0) is 50.4 Å². The summed E-state index contributed by atoms with van der Waals surface area (Å²) < 4.78 is 21.0. The second kappa shape index (κ2) is 7.40. The number of aryl methyl sites for hydroxylation is 1. The van der Waals surface area contributed by atoms with Gasteiger partial charge in [0.25, 0.3) is 5.89 Å². The Bertz CT molecular complexity index is 1080. The lowest BCUT2D eigenvalue weighted by atomic mass is 10.1. The molecule has 0 aliphatic rings. The monoisotopic (exact) mass is 380 g/mol. The molecule has 0 saturated heterocycles. The van der Waals surface area contributed by atoms with Gasteiger partial charge in [0.2, 0.25) is 5.89 Å². The summed E-state index contributed by atoms with van der Waals surface area (Å²) in [5.41, 5.74) is 4.79. The van der Waals surface area contributed by atoms with Crippen LogP contribution in [0.3, 0.4) is 0 Å². The Morgan fingerprint density at radius 1 is 1.11 bits per heavy atom. The second-order valence-electron chi connectivity index (χ2n) is 6.87. The number of halogens is 1. The van der Waals surface area contributed by atoms with E-state index in [1.807, 2.05) is 37.7 Å². The molecule has 1 aromatic carbocycles. The van der Waals surface area contributed by atoms with Crippen molar-refractivity contribution < 1.29 is 8.81 Å². The number of nitrogens with one attached hydrogen (secondary N) is 1. The summed E-state index contributed by atoms with van der Waals surface area (Å²) in [6, 6.07) is 10.3. The molecule has 0 radical (unpaired) electrons. The molecule has 1 N–H and O–H groups in total. The Hall–Kier alpha value is -3.26. The minimum absolute atomic E-state index is 0.262. The summed E-state index contributed by atoms with van der Waals surface area (Å²) in [4.78, 5) is 2.06. The van der Waals surface area contributed by atoms with E-state index in [0.717, 1.165) is 28.2 Å². The van der Waals surface area contributed by atoms with Crippen molar-refractivity contribution in [1.82, 2.24) is 29.9 Å². The first-order valence-electron chi connectivity index (χ1n) is 8.93. The van der Waals surface area contributed by atoms with Crippen LogP contribution in [0, 0.1) is 12.7 Å². The number of H-pyrrole nitrogens is 1. The first-order valence-corrected chi connectivity index (χ1v) is 8.93. The molecule has 0 amide bonds. The van der Waals surface area contributed by atoms with Crippen molar-refractivity contribution in [2.45, 2.75) is 20.0 Å². The fraction of sp³-hybridized carbons (Fsp3) is 0.250. The molecule has 0 bridgehead atoms. The van der Waals surface area contributed by atoms with E-state index in [4.69, 9.17) is 4.42 Å². The van der Waals surface area contributed by atoms with Crippen LogP contribution in [0.25, 0.3) is 22.8 Å². The van der Waals surface area contributed by atoms with Gasteiger partial charge in [0, 0.05) is 30.4 Å². The molecule has 0 saturated carbocycles. The van der Waals surface area contributed by atoms with Crippen molar-refractivity contribution in [2.75, 3.05) is 7.05 Å². The fourth-order valence-corrected chi connectivity index (χ4v) is 3.12. The molecule has 0 aliphatic heterocycles. The molecule has 0 fully saturated rings. The molecule has 3 heterocycles. The zero-order valence-electron chi connectivity index (χ0n) is 16.0. The number of aromatic nitrogens is 5. The Kier molecular flexibility index (Phi) is 4.79. The first kappa shape index (κ1) is 18.1. The van der Waals surface area contributed by atoms with Crippen LogP contribution >= 0.6 is 0 Å². The molecule has 28 heavy (non-hydrogen) atoms. The molecule has 4 rings (SSSR count). The highest BCUT2D eigenvalue weighted by molar-refractivity contribution is 5.62. The van der Waals surface area contributed by atoms with Crippen molar-refractivity contribution in [3.63, 3.8) is 0 Å². The van der Waals surface area contributed by atoms with E-state index >= 15 is 0 Å². The van der Waals surface area contributed by atoms with E-state index in [9.17, 15) is 4.39 Å². The predicted octanol–water partition coefficient (Wildman–Crippen LogP) is 3.54. The topological polar surface area (TPSA) is 75.8 Å². The van der Waals surface area contributed by atoms with Crippen LogP contribution in [0.2, 0.25) is 0 Å². The summed E-state index contributed by atoms with van der Waals surface area (Å²) in [5, 5.41) is 15.5. The highest BCUT2D eigenvalue weighted by Crippen LogP contribution is 2.24. The van der Waals surface area contributed by atoms with Gasteiger partial charge in [-0.3, -0.25) is 10.00 Å². The van der Waals surface area contributed by atoms with Crippen molar-refractivity contribution >= 4 is 0 Å². The highest BCUT2D eigenvalue weighted by atomic mass is 19.1. The van der Waals surface area contributed by atoms with Crippen LogP contribution in [0.1, 0.15) is 17.1 Å². The van der Waals surface area contributed by atoms with Gasteiger partial charge in [-0.1, -0.05) is 0 Å². The quantitative estimate of drug-likeness (QED) is 0.554. The average Bonchev–Trinajstić information content (AvgIpc) is 3.38. The van der Waals surface area contributed by atoms with Crippen molar-refractivity contribution in [3.05, 3.63) is 65.6 Å². The van der Waals surface area contributed by atoms with Gasteiger partial charge in [0.1, 0.15) is 11.5 Å². The van der Waals surface area contributed by atoms with Crippen LogP contribution < -0.4 is 0 Å². The summed E-state index contributed by atoms with van der Waals surface area (Å²) in [5.74, 6) is 0.792. The Labute approximate surface area is 161 Å². The van der Waals surface area contributed by atoms with E-state index in [-0.39, 0.29) is 5.82 Å². The van der Waals surface area contributed by atoms with Crippen LogP contribution in [0.4, 0.5) is 4.39 Å². The van der Waals surface area contributed by atoms with Crippen LogP contribution in [-0.4, -0.2) is 36.9 Å². The maximum Gasteiger partial charge on any atom is 0.264 e. The maximum absolute atomic E-state index is 13.2. The Balaban J connectivity index is 1.46. The molecular formula is C20H21FN6O. The zero-order valence-corrected chi connectivity index (χ0v) is 16.0. The molecule has 8 heteroatoms. The number of aromatic amines is 1. The lowest BCUT2D eigenvalue weighted by Gasteiger charge is -2.14. The number of benzene rings is 1. The number of hydrogen-bond acceptors (Lipinski definition) is 5. The lowest BCUT2D eigenvalue weighted by molar-refractivity contribution is 0.283. The molecule has 7 nitrogen and oxygen atoms in total. The number of rotatable bonds is 6. The van der Waals surface area contributed by atoms with Crippen molar-refractivity contribution in [2.24, 2.45) is 7.05 Å². The van der Waals surface area contributed by atoms with E-state index in [0.29, 0.717) is 24.9 Å². The normalized spacial score (nSPS) is 11.5. The van der Waals surface area contributed by atoms with Gasteiger partial charge >= 0.3 is 0 Å². The first-order chi connectivity index (χ1) is 13.5. The third-order valence-corrected chi connectivity index (χ3v) is 4.75. The van der Waals surface area contributed by atoms with Crippen LogP contribution in [0.5, 0.6) is 0 Å². The molecule has 0 aliphatic carbocycles. The fourth-order valence-electron chi connectivity index (χ4n) is 3.12. The summed E-state index contributed by atoms with van der Waals surface area (Å²) >= 11 is 0. The van der Waals surface area contributed by atoms with Crippen molar-refractivity contribution in [3.8, 4) is 22.8 Å². The van der Waals surface area contributed by atoms with Crippen LogP contribution in [0.15, 0.2) is 47.0 Å².